The van der Waals surface area contributed by atoms with Crippen LogP contribution in [0.15, 0.2) is 17.1 Å². The Morgan fingerprint density at radius 2 is 1.73 bits per heavy atom. The number of phosphoric ester groups is 1. The standard InChI is InChI=1S/C9H14F2N3O13P3.3Na/c10-9(11)6(15)4(25-7(9)14-2-1-5(12)13-8(14)16)3-24-29(20,21)27-30(22,23)26-28(17,18)19;;;/h1-2,4,6-7,15H,3H2,(H,20,21)(H,22,23)(H2,12,13,16)(H2,17,18,19);;;/q;3*+1/p-3. The smallest absolute Gasteiger partial charge is 0.756 e. The van der Waals surface area contributed by atoms with E-state index in [1.54, 1.807) is 0 Å². The molecule has 0 aliphatic carbocycles. The maximum atomic E-state index is 14.3. The second kappa shape index (κ2) is 13.6. The SMILES string of the molecule is Nc1ccn(C2OC(COP(=O)([O-])OP(=O)([O-])OP(=O)([O-])O)C(O)C2(F)F)c(=O)n1.[Na+].[Na+].[Na+]. The Morgan fingerprint density at radius 1 is 1.18 bits per heavy atom. The monoisotopic (exact) mass is 569 g/mol. The number of nitrogens with zero attached hydrogens (tertiary/aromatic N) is 2. The van der Waals surface area contributed by atoms with Gasteiger partial charge >= 0.3 is 100 Å². The Balaban J connectivity index is 0. The molecule has 0 radical (unpaired) electrons. The van der Waals surface area contributed by atoms with Crippen LogP contribution in [0.4, 0.5) is 14.6 Å². The van der Waals surface area contributed by atoms with Gasteiger partial charge in [0, 0.05) is 6.20 Å². The van der Waals surface area contributed by atoms with Crippen molar-refractivity contribution < 1.29 is 154 Å². The minimum Gasteiger partial charge on any atom is -0.756 e. The molecule has 0 amide bonds. The summed E-state index contributed by atoms with van der Waals surface area (Å²) in [6, 6.07) is 0.957. The topological polar surface area (TPSA) is 259 Å². The van der Waals surface area contributed by atoms with Gasteiger partial charge in [-0.25, -0.2) is 13.4 Å². The van der Waals surface area contributed by atoms with Gasteiger partial charge < -0.3 is 39.7 Å². The van der Waals surface area contributed by atoms with Crippen LogP contribution in [0.1, 0.15) is 6.23 Å². The fraction of sp³-hybridized carbons (Fsp3) is 0.556. The summed E-state index contributed by atoms with van der Waals surface area (Å²) in [6.07, 6.45) is -6.59. The minimum atomic E-state index is -6.20. The first-order valence-electron chi connectivity index (χ1n) is 7.23. The van der Waals surface area contributed by atoms with Crippen molar-refractivity contribution >= 4 is 29.3 Å². The molecule has 1 aliphatic rings. The van der Waals surface area contributed by atoms with Gasteiger partial charge in [-0.15, -0.1) is 0 Å². The molecule has 6 unspecified atom stereocenters. The molecule has 1 aromatic heterocycles. The van der Waals surface area contributed by atoms with Crippen molar-refractivity contribution in [2.24, 2.45) is 0 Å². The maximum absolute atomic E-state index is 14.3. The summed E-state index contributed by atoms with van der Waals surface area (Å²) in [5.74, 6) is -4.48. The molecule has 0 saturated carbocycles. The first-order valence-corrected chi connectivity index (χ1v) is 11.6. The van der Waals surface area contributed by atoms with Crippen molar-refractivity contribution in [1.82, 2.24) is 9.55 Å². The van der Waals surface area contributed by atoms with E-state index in [-0.39, 0.29) is 99.1 Å². The molecule has 4 N–H and O–H groups in total. The number of anilines is 1. The second-order valence-corrected chi connectivity index (χ2v) is 9.80. The molecule has 33 heavy (non-hydrogen) atoms. The molecular weight excluding hydrogens is 558 g/mol. The molecule has 1 aromatic rings. The first-order chi connectivity index (χ1) is 13.4. The molecule has 1 fully saturated rings. The molecule has 1 saturated heterocycles. The minimum absolute atomic E-state index is 0. The van der Waals surface area contributed by atoms with Gasteiger partial charge in [0.1, 0.15) is 11.9 Å². The second-order valence-electron chi connectivity index (χ2n) is 5.51. The molecule has 6 atom stereocenters. The third-order valence-electron chi connectivity index (χ3n) is 3.28. The van der Waals surface area contributed by atoms with Crippen molar-refractivity contribution in [3.8, 4) is 0 Å². The zero-order valence-electron chi connectivity index (χ0n) is 17.0. The van der Waals surface area contributed by atoms with E-state index in [2.05, 4.69) is 18.1 Å². The average Bonchev–Trinajstić information content (AvgIpc) is 2.73. The van der Waals surface area contributed by atoms with E-state index in [0.29, 0.717) is 0 Å². The number of nitrogen functional groups attached to an aromatic ring is 1. The maximum Gasteiger partial charge on any atom is 1.00 e. The molecule has 0 spiro atoms. The zero-order valence-corrected chi connectivity index (χ0v) is 25.7. The summed E-state index contributed by atoms with van der Waals surface area (Å²) >= 11 is 0. The fourth-order valence-electron chi connectivity index (χ4n) is 2.16. The van der Waals surface area contributed by atoms with E-state index in [0.717, 1.165) is 12.3 Å². The summed E-state index contributed by atoms with van der Waals surface area (Å²) in [5, 5.41) is 9.68. The van der Waals surface area contributed by atoms with Crippen LogP contribution in [-0.4, -0.2) is 44.3 Å². The number of aliphatic hydroxyl groups excluding tert-OH is 1. The van der Waals surface area contributed by atoms with Gasteiger partial charge in [-0.2, -0.15) is 13.8 Å². The van der Waals surface area contributed by atoms with Crippen molar-refractivity contribution in [1.29, 1.82) is 0 Å². The first kappa shape index (κ1) is 37.0. The number of ether oxygens (including phenoxy) is 1. The van der Waals surface area contributed by atoms with Crippen LogP contribution in [-0.2, 0) is 31.6 Å². The number of nitrogens with two attached hydrogens (primary N) is 1. The van der Waals surface area contributed by atoms with E-state index >= 15 is 0 Å². The third-order valence-corrected chi connectivity index (χ3v) is 6.97. The Hall–Kier alpha value is 1.87. The van der Waals surface area contributed by atoms with E-state index in [9.17, 15) is 47.1 Å². The Bertz CT molecular complexity index is 1010. The van der Waals surface area contributed by atoms with E-state index in [1.165, 1.54) is 0 Å². The normalized spacial score (nSPS) is 26.9. The number of halogens is 2. The van der Waals surface area contributed by atoms with Gasteiger partial charge in [-0.1, -0.05) is 0 Å². The van der Waals surface area contributed by atoms with Crippen LogP contribution in [0.2, 0.25) is 0 Å². The van der Waals surface area contributed by atoms with Gasteiger partial charge in [0.25, 0.3) is 23.5 Å². The number of aromatic nitrogens is 2. The van der Waals surface area contributed by atoms with Crippen LogP contribution in [0.25, 0.3) is 0 Å². The van der Waals surface area contributed by atoms with Crippen LogP contribution in [0, 0.1) is 0 Å². The van der Waals surface area contributed by atoms with Crippen LogP contribution >= 0.6 is 23.5 Å². The fourth-order valence-corrected chi connectivity index (χ4v) is 5.06. The Kier molecular flexibility index (Phi) is 15.3. The predicted molar refractivity (Wildman–Crippen MR) is 80.9 cm³/mol. The number of phosphoric acid groups is 3. The summed E-state index contributed by atoms with van der Waals surface area (Å²) in [7, 11) is -18.2. The van der Waals surface area contributed by atoms with E-state index < -0.39 is 60.1 Å². The van der Waals surface area contributed by atoms with Crippen LogP contribution in [0.5, 0.6) is 0 Å². The van der Waals surface area contributed by atoms with Gasteiger partial charge in [0.2, 0.25) is 6.23 Å². The summed E-state index contributed by atoms with van der Waals surface area (Å²) in [4.78, 5) is 56.0. The predicted octanol–water partition coefficient (Wildman–Crippen LogP) is -11.8. The molecular formula is C9H11F2N3Na3O13P3. The van der Waals surface area contributed by atoms with Crippen molar-refractivity contribution in [2.45, 2.75) is 24.4 Å². The Labute approximate surface area is 249 Å². The largest absolute Gasteiger partial charge is 1.00 e. The van der Waals surface area contributed by atoms with Crippen molar-refractivity contribution in [3.63, 3.8) is 0 Å². The van der Waals surface area contributed by atoms with Gasteiger partial charge in [0.15, 0.2) is 6.10 Å². The number of hydrogen-bond acceptors (Lipinski definition) is 14. The quantitative estimate of drug-likeness (QED) is 0.194. The van der Waals surface area contributed by atoms with Crippen LogP contribution < -0.4 is 115 Å². The van der Waals surface area contributed by atoms with E-state index in [1.807, 2.05) is 0 Å². The molecule has 24 heteroatoms. The molecule has 0 bridgehead atoms. The number of hydrogen-bond donors (Lipinski definition) is 3. The molecule has 172 valence electrons. The molecule has 0 aromatic carbocycles. The molecule has 1 aliphatic heterocycles. The van der Waals surface area contributed by atoms with Gasteiger partial charge in [-0.3, -0.25) is 18.3 Å². The molecule has 16 nitrogen and oxygen atoms in total. The average molecular weight is 569 g/mol. The van der Waals surface area contributed by atoms with Crippen molar-refractivity contribution in [2.75, 3.05) is 12.3 Å². The summed E-state index contributed by atoms with van der Waals surface area (Å²) in [6.45, 7) is -1.46. The van der Waals surface area contributed by atoms with Crippen molar-refractivity contribution in [3.05, 3.63) is 22.7 Å². The Morgan fingerprint density at radius 3 is 2.21 bits per heavy atom. The van der Waals surface area contributed by atoms with Gasteiger partial charge in [0.05, 0.1) is 6.61 Å². The summed E-state index contributed by atoms with van der Waals surface area (Å²) < 4.78 is 76.7. The van der Waals surface area contributed by atoms with E-state index in [4.69, 9.17) is 15.4 Å². The number of rotatable bonds is 8. The number of aliphatic hydroxyl groups is 1. The van der Waals surface area contributed by atoms with Crippen LogP contribution in [0.3, 0.4) is 0 Å². The third kappa shape index (κ3) is 10.6. The zero-order chi connectivity index (χ0) is 23.1. The number of alkyl halides is 2. The molecule has 2 rings (SSSR count). The van der Waals surface area contributed by atoms with Gasteiger partial charge in [-0.05, 0) is 6.07 Å². The molecule has 2 heterocycles. The summed E-state index contributed by atoms with van der Waals surface area (Å²) in [5.41, 5.74) is 3.93.